The average molecular weight is 565 g/mol. The van der Waals surface area contributed by atoms with Crippen LogP contribution >= 0.6 is 31.9 Å². The van der Waals surface area contributed by atoms with Crippen molar-refractivity contribution in [3.63, 3.8) is 0 Å². The van der Waals surface area contributed by atoms with Gasteiger partial charge in [-0.25, -0.2) is 4.39 Å². The van der Waals surface area contributed by atoms with Crippen molar-refractivity contribution >= 4 is 37.9 Å². The number of hydrogen-bond acceptors (Lipinski definition) is 1. The Morgan fingerprint density at radius 1 is 0.879 bits per heavy atom. The summed E-state index contributed by atoms with van der Waals surface area (Å²) in [6.45, 7) is 4.30. The zero-order valence-corrected chi connectivity index (χ0v) is 21.7. The first-order valence-electron chi connectivity index (χ1n) is 10.9. The molecule has 0 unspecified atom stereocenters. The molecule has 0 fully saturated rings. The van der Waals surface area contributed by atoms with E-state index >= 15 is 0 Å². The van der Waals surface area contributed by atoms with E-state index < -0.39 is 0 Å². The summed E-state index contributed by atoms with van der Waals surface area (Å²) in [7, 11) is 0. The van der Waals surface area contributed by atoms with Crippen LogP contribution in [0.4, 0.5) is 4.39 Å². The Kier molecular flexibility index (Phi) is 7.56. The van der Waals surface area contributed by atoms with Crippen molar-refractivity contribution in [2.75, 3.05) is 0 Å². The zero-order valence-electron chi connectivity index (χ0n) is 18.5. The zero-order chi connectivity index (χ0) is 23.4. The summed E-state index contributed by atoms with van der Waals surface area (Å²) in [5.41, 5.74) is 8.51. The summed E-state index contributed by atoms with van der Waals surface area (Å²) in [4.78, 5) is 5.14. The third-order valence-electron chi connectivity index (χ3n) is 5.57. The van der Waals surface area contributed by atoms with Gasteiger partial charge in [0.1, 0.15) is 5.82 Å². The molecule has 0 saturated carbocycles. The number of aromatic nitrogens is 1. The molecule has 1 heterocycles. The fourth-order valence-electron chi connectivity index (χ4n) is 4.02. The second kappa shape index (κ2) is 10.6. The van der Waals surface area contributed by atoms with Crippen LogP contribution < -0.4 is 0 Å². The van der Waals surface area contributed by atoms with Crippen LogP contribution in [0, 0.1) is 5.82 Å². The maximum absolute atomic E-state index is 13.7. The van der Waals surface area contributed by atoms with Gasteiger partial charge < -0.3 is 0 Å². The van der Waals surface area contributed by atoms with Crippen molar-refractivity contribution in [3.05, 3.63) is 117 Å². The quantitative estimate of drug-likeness (QED) is 0.227. The van der Waals surface area contributed by atoms with Gasteiger partial charge in [-0.3, -0.25) is 4.98 Å². The first-order chi connectivity index (χ1) is 15.9. The molecule has 4 heteroatoms. The van der Waals surface area contributed by atoms with Crippen LogP contribution in [-0.2, 0) is 6.42 Å². The third-order valence-corrected chi connectivity index (χ3v) is 6.03. The number of benzene rings is 3. The van der Waals surface area contributed by atoms with Crippen molar-refractivity contribution in [1.29, 1.82) is 0 Å². The molecule has 0 aliphatic rings. The monoisotopic (exact) mass is 563 g/mol. The highest BCUT2D eigenvalue weighted by Crippen LogP contribution is 2.37. The lowest BCUT2D eigenvalue weighted by Gasteiger charge is -2.18. The molecule has 0 radical (unpaired) electrons. The Morgan fingerprint density at radius 2 is 1.55 bits per heavy atom. The minimum absolute atomic E-state index is 0.205. The van der Waals surface area contributed by atoms with Gasteiger partial charge in [0.2, 0.25) is 0 Å². The van der Waals surface area contributed by atoms with Gasteiger partial charge in [-0.15, -0.1) is 0 Å². The van der Waals surface area contributed by atoms with Gasteiger partial charge in [-0.1, -0.05) is 80.6 Å². The molecule has 0 saturated heterocycles. The first-order valence-corrected chi connectivity index (χ1v) is 12.5. The molecule has 4 aromatic rings. The van der Waals surface area contributed by atoms with Gasteiger partial charge in [0.15, 0.2) is 0 Å². The van der Waals surface area contributed by atoms with E-state index in [0.29, 0.717) is 0 Å². The molecular formula is C29H24Br2FN. The fourth-order valence-corrected chi connectivity index (χ4v) is 4.48. The first kappa shape index (κ1) is 23.6. The maximum atomic E-state index is 13.7. The summed E-state index contributed by atoms with van der Waals surface area (Å²) in [5, 5.41) is 0. The Labute approximate surface area is 211 Å². The Balaban J connectivity index is 1.94. The van der Waals surface area contributed by atoms with Gasteiger partial charge in [0.25, 0.3) is 0 Å². The van der Waals surface area contributed by atoms with E-state index in [1.165, 1.54) is 23.3 Å². The van der Waals surface area contributed by atoms with Crippen molar-refractivity contribution in [2.45, 2.75) is 26.2 Å². The summed E-state index contributed by atoms with van der Waals surface area (Å²) in [6, 6.07) is 27.7. The van der Waals surface area contributed by atoms with Crippen LogP contribution in [0.2, 0.25) is 0 Å². The molecule has 4 rings (SSSR count). The van der Waals surface area contributed by atoms with Crippen LogP contribution in [0.1, 0.15) is 42.1 Å². The molecule has 166 valence electrons. The fraction of sp³-hybridized carbons (Fsp3) is 0.138. The highest BCUT2D eigenvalue weighted by Gasteiger charge is 2.18. The second-order valence-corrected chi connectivity index (χ2v) is 11.0. The minimum atomic E-state index is -0.246. The van der Waals surface area contributed by atoms with Gasteiger partial charge in [0.05, 0.1) is 14.8 Å². The summed E-state index contributed by atoms with van der Waals surface area (Å²) in [5.74, 6) is -0.0416. The van der Waals surface area contributed by atoms with Crippen LogP contribution in [0.15, 0.2) is 88.3 Å². The summed E-state index contributed by atoms with van der Waals surface area (Å²) in [6.07, 6.45) is 2.86. The van der Waals surface area contributed by atoms with E-state index in [1.54, 1.807) is 0 Å². The molecule has 1 aromatic heterocycles. The minimum Gasteiger partial charge on any atom is -0.252 e. The maximum Gasteiger partial charge on any atom is 0.123 e. The molecule has 3 aromatic carbocycles. The van der Waals surface area contributed by atoms with Crippen LogP contribution in [0.25, 0.3) is 28.5 Å². The van der Waals surface area contributed by atoms with Crippen LogP contribution in [-0.4, -0.2) is 4.98 Å². The molecule has 0 aliphatic heterocycles. The second-order valence-electron chi connectivity index (χ2n) is 8.27. The van der Waals surface area contributed by atoms with Gasteiger partial charge >= 0.3 is 0 Å². The molecule has 0 spiro atoms. The van der Waals surface area contributed by atoms with E-state index in [1.807, 2.05) is 24.3 Å². The van der Waals surface area contributed by atoms with Crippen molar-refractivity contribution < 1.29 is 4.39 Å². The van der Waals surface area contributed by atoms with Crippen molar-refractivity contribution in [2.24, 2.45) is 0 Å². The lowest BCUT2D eigenvalue weighted by Crippen LogP contribution is -2.03. The average Bonchev–Trinajstić information content (AvgIpc) is 2.80. The smallest absolute Gasteiger partial charge is 0.123 e. The van der Waals surface area contributed by atoms with E-state index in [2.05, 4.69) is 100 Å². The SMILES string of the molecule is CC(C)c1nc(-c2ccccc2Cc2ccccc2)cc(-c2ccc(F)cc2)c1C=C(Br)Br. The van der Waals surface area contributed by atoms with Gasteiger partial charge in [0, 0.05) is 11.1 Å². The Bertz CT molecular complexity index is 1280. The molecule has 33 heavy (non-hydrogen) atoms. The summed E-state index contributed by atoms with van der Waals surface area (Å²) >= 11 is 7.03. The van der Waals surface area contributed by atoms with E-state index in [-0.39, 0.29) is 11.7 Å². The molecule has 1 nitrogen and oxygen atoms in total. The Hall–Kier alpha value is -2.56. The molecule has 0 amide bonds. The van der Waals surface area contributed by atoms with E-state index in [0.717, 1.165) is 43.5 Å². The standard InChI is InChI=1S/C29H24Br2FN/c1-19(2)29-26(18-28(30)31)25(21-12-14-23(32)15-13-21)17-27(33-29)24-11-7-6-10-22(24)16-20-8-4-3-5-9-20/h3-15,17-19H,16H2,1-2H3. The van der Waals surface area contributed by atoms with Crippen molar-refractivity contribution in [3.8, 4) is 22.4 Å². The van der Waals surface area contributed by atoms with Crippen LogP contribution in [0.3, 0.4) is 0 Å². The molecular weight excluding hydrogens is 541 g/mol. The van der Waals surface area contributed by atoms with Gasteiger partial charge in [-0.2, -0.15) is 0 Å². The number of rotatable bonds is 6. The predicted molar refractivity (Wildman–Crippen MR) is 144 cm³/mol. The Morgan fingerprint density at radius 3 is 2.21 bits per heavy atom. The van der Waals surface area contributed by atoms with Crippen molar-refractivity contribution in [1.82, 2.24) is 4.98 Å². The summed E-state index contributed by atoms with van der Waals surface area (Å²) < 4.78 is 14.5. The number of pyridine rings is 1. The number of nitrogens with zero attached hydrogens (tertiary/aromatic N) is 1. The largest absolute Gasteiger partial charge is 0.252 e. The molecule has 0 aliphatic carbocycles. The molecule has 0 bridgehead atoms. The van der Waals surface area contributed by atoms with E-state index in [4.69, 9.17) is 4.98 Å². The molecule has 0 N–H and O–H groups in total. The highest BCUT2D eigenvalue weighted by molar-refractivity contribution is 9.28. The van der Waals surface area contributed by atoms with Crippen LogP contribution in [0.5, 0.6) is 0 Å². The lowest BCUT2D eigenvalue weighted by atomic mass is 9.91. The normalized spacial score (nSPS) is 11.0. The number of halogens is 3. The highest BCUT2D eigenvalue weighted by atomic mass is 79.9. The topological polar surface area (TPSA) is 12.9 Å². The van der Waals surface area contributed by atoms with Gasteiger partial charge in [-0.05, 0) is 90.7 Å². The lowest BCUT2D eigenvalue weighted by molar-refractivity contribution is 0.628. The van der Waals surface area contributed by atoms with E-state index in [9.17, 15) is 4.39 Å². The number of hydrogen-bond donors (Lipinski definition) is 0. The predicted octanol–water partition coefficient (Wildman–Crippen LogP) is 9.36. The third kappa shape index (κ3) is 5.69. The molecule has 0 atom stereocenters.